The number of carbonyl (C=O) groups excluding carboxylic acids is 1. The average Bonchev–Trinajstić information content (AvgIpc) is 2.26. The van der Waals surface area contributed by atoms with Crippen molar-refractivity contribution in [1.29, 1.82) is 0 Å². The normalized spacial score (nSPS) is 12.2. The molecule has 0 fully saturated rings. The molecule has 1 rings (SSSR count). The first-order valence-electron chi connectivity index (χ1n) is 4.86. The molecule has 1 aromatic carbocycles. The smallest absolute Gasteiger partial charge is 0.362 e. The fourth-order valence-electron chi connectivity index (χ4n) is 1.03. The average molecular weight is 348 g/mol. The zero-order valence-electron chi connectivity index (χ0n) is 9.60. The number of carbonyl (C=O) groups is 1. The molecule has 0 saturated heterocycles. The van der Waals surface area contributed by atoms with Gasteiger partial charge in [0.2, 0.25) is 3.79 Å². The van der Waals surface area contributed by atoms with E-state index in [9.17, 15) is 13.2 Å². The van der Waals surface area contributed by atoms with E-state index in [1.807, 2.05) is 0 Å². The first-order valence-corrected chi connectivity index (χ1v) is 7.32. The Bertz CT molecular complexity index is 548. The highest BCUT2D eigenvalue weighted by molar-refractivity contribution is 7.82. The van der Waals surface area contributed by atoms with Crippen LogP contribution in [0.3, 0.4) is 0 Å². The number of hydrogen-bond acceptors (Lipinski definition) is 5. The molecule has 0 aliphatic rings. The fraction of sp³-hybridized carbons (Fsp3) is 0.300. The molecule has 5 nitrogen and oxygen atoms in total. The van der Waals surface area contributed by atoms with Crippen LogP contribution in [0.1, 0.15) is 17.3 Å². The topological polar surface area (TPSA) is 69.7 Å². The van der Waals surface area contributed by atoms with Gasteiger partial charge in [0.15, 0.2) is 5.78 Å². The van der Waals surface area contributed by atoms with Gasteiger partial charge in [-0.3, -0.25) is 4.79 Å². The van der Waals surface area contributed by atoms with Crippen LogP contribution in [-0.2, 0) is 14.6 Å². The van der Waals surface area contributed by atoms with Crippen molar-refractivity contribution in [2.75, 3.05) is 6.61 Å². The third-order valence-corrected chi connectivity index (χ3v) is 2.96. The minimum atomic E-state index is -4.34. The van der Waals surface area contributed by atoms with Crippen LogP contribution >= 0.6 is 34.8 Å². The van der Waals surface area contributed by atoms with Gasteiger partial charge in [-0.2, -0.15) is 8.42 Å². The monoisotopic (exact) mass is 346 g/mol. The molecule has 19 heavy (non-hydrogen) atoms. The molecule has 9 heteroatoms. The van der Waals surface area contributed by atoms with E-state index < -0.39 is 20.8 Å². The predicted octanol–water partition coefficient (Wildman–Crippen LogP) is 2.90. The van der Waals surface area contributed by atoms with Crippen LogP contribution in [0.4, 0.5) is 0 Å². The second kappa shape index (κ2) is 6.28. The molecular weight excluding hydrogens is 339 g/mol. The van der Waals surface area contributed by atoms with Gasteiger partial charge in [0.25, 0.3) is 0 Å². The van der Waals surface area contributed by atoms with E-state index in [0.717, 1.165) is 0 Å². The van der Waals surface area contributed by atoms with E-state index in [-0.39, 0.29) is 11.5 Å². The van der Waals surface area contributed by atoms with Gasteiger partial charge < -0.3 is 4.18 Å². The van der Waals surface area contributed by atoms with Crippen LogP contribution in [0.5, 0.6) is 5.75 Å². The number of halogens is 3. The number of rotatable bonds is 5. The van der Waals surface area contributed by atoms with Crippen molar-refractivity contribution < 1.29 is 21.6 Å². The zero-order chi connectivity index (χ0) is 14.7. The van der Waals surface area contributed by atoms with Crippen molar-refractivity contribution >= 4 is 51.0 Å². The Balaban J connectivity index is 2.70. The second-order valence-electron chi connectivity index (χ2n) is 3.45. The highest BCUT2D eigenvalue weighted by Crippen LogP contribution is 2.27. The number of alkyl halides is 3. The lowest BCUT2D eigenvalue weighted by atomic mass is 10.1. The summed E-state index contributed by atoms with van der Waals surface area (Å²) in [5, 5.41) is 0. The lowest BCUT2D eigenvalue weighted by Gasteiger charge is -2.11. The number of hydrogen-bond donors (Lipinski definition) is 0. The molecule has 0 radical (unpaired) electrons. The molecule has 106 valence electrons. The summed E-state index contributed by atoms with van der Waals surface area (Å²) in [5.41, 5.74) is 0.423. The summed E-state index contributed by atoms with van der Waals surface area (Å²) in [6, 6.07) is 5.46. The Morgan fingerprint density at radius 3 is 2.16 bits per heavy atom. The van der Waals surface area contributed by atoms with Crippen molar-refractivity contribution in [3.8, 4) is 5.75 Å². The Morgan fingerprint density at radius 2 is 1.74 bits per heavy atom. The SMILES string of the molecule is CC(=O)c1ccc(OS(=O)(=O)OCC(Cl)(Cl)Cl)cc1. The van der Waals surface area contributed by atoms with E-state index in [2.05, 4.69) is 8.37 Å². The number of Topliss-reactive ketones (excluding diaryl/α,β-unsaturated/α-hetero) is 1. The molecule has 0 atom stereocenters. The summed E-state index contributed by atoms with van der Waals surface area (Å²) in [7, 11) is -4.34. The van der Waals surface area contributed by atoms with Gasteiger partial charge >= 0.3 is 10.4 Å². The fourth-order valence-corrected chi connectivity index (χ4v) is 2.10. The second-order valence-corrected chi connectivity index (χ2v) is 7.18. The van der Waals surface area contributed by atoms with Crippen molar-refractivity contribution in [2.24, 2.45) is 0 Å². The first kappa shape index (κ1) is 16.5. The lowest BCUT2D eigenvalue weighted by Crippen LogP contribution is -2.21. The van der Waals surface area contributed by atoms with Crippen LogP contribution in [-0.4, -0.2) is 24.6 Å². The maximum absolute atomic E-state index is 11.4. The Hall–Kier alpha value is -0.530. The predicted molar refractivity (Wildman–Crippen MR) is 72.2 cm³/mol. The Morgan fingerprint density at radius 1 is 1.21 bits per heavy atom. The molecule has 0 aromatic heterocycles. The molecule has 0 saturated carbocycles. The van der Waals surface area contributed by atoms with Crippen LogP contribution in [0.2, 0.25) is 0 Å². The van der Waals surface area contributed by atoms with E-state index in [1.165, 1.54) is 31.2 Å². The first-order chi connectivity index (χ1) is 8.59. The van der Waals surface area contributed by atoms with Crippen LogP contribution in [0.25, 0.3) is 0 Å². The molecule has 0 N–H and O–H groups in total. The van der Waals surface area contributed by atoms with Crippen LogP contribution in [0, 0.1) is 0 Å². The molecule has 0 aliphatic carbocycles. The highest BCUT2D eigenvalue weighted by atomic mass is 35.6. The van der Waals surface area contributed by atoms with E-state index in [4.69, 9.17) is 34.8 Å². The quantitative estimate of drug-likeness (QED) is 0.605. The molecule has 0 aliphatic heterocycles. The molecule has 0 bridgehead atoms. The number of ketones is 1. The Kier molecular flexibility index (Phi) is 5.46. The van der Waals surface area contributed by atoms with Crippen molar-refractivity contribution in [3.05, 3.63) is 29.8 Å². The maximum atomic E-state index is 11.4. The molecule has 0 spiro atoms. The van der Waals surface area contributed by atoms with Gasteiger partial charge in [0, 0.05) is 5.56 Å². The minimum Gasteiger partial charge on any atom is -0.362 e. The van der Waals surface area contributed by atoms with E-state index in [0.29, 0.717) is 5.56 Å². The minimum absolute atomic E-state index is 0.0192. The lowest BCUT2D eigenvalue weighted by molar-refractivity contribution is 0.101. The van der Waals surface area contributed by atoms with Crippen LogP contribution in [0.15, 0.2) is 24.3 Å². The Labute approximate surface area is 125 Å². The van der Waals surface area contributed by atoms with Gasteiger partial charge in [-0.05, 0) is 31.2 Å². The van der Waals surface area contributed by atoms with Crippen molar-refractivity contribution in [1.82, 2.24) is 0 Å². The molecule has 1 aromatic rings. The zero-order valence-corrected chi connectivity index (χ0v) is 12.7. The van der Waals surface area contributed by atoms with Crippen LogP contribution < -0.4 is 4.18 Å². The standard InChI is InChI=1S/C10H9Cl3O5S/c1-7(14)8-2-4-9(5-3-8)18-19(15,16)17-6-10(11,12)13/h2-5H,6H2,1H3. The third kappa shape index (κ3) is 6.44. The molecular formula is C10H9Cl3O5S. The summed E-state index contributed by atoms with van der Waals surface area (Å²) in [4.78, 5) is 11.0. The summed E-state index contributed by atoms with van der Waals surface area (Å²) in [5.74, 6) is -0.170. The van der Waals surface area contributed by atoms with E-state index in [1.54, 1.807) is 0 Å². The van der Waals surface area contributed by atoms with E-state index >= 15 is 0 Å². The molecule has 0 amide bonds. The van der Waals surface area contributed by atoms with Gasteiger partial charge in [-0.1, -0.05) is 34.8 Å². The van der Waals surface area contributed by atoms with Gasteiger partial charge in [-0.25, -0.2) is 4.18 Å². The number of benzene rings is 1. The molecule has 0 unspecified atom stereocenters. The highest BCUT2D eigenvalue weighted by Gasteiger charge is 2.25. The summed E-state index contributed by atoms with van der Waals surface area (Å²) in [6.07, 6.45) is 0. The summed E-state index contributed by atoms with van der Waals surface area (Å²) in [6.45, 7) is 0.711. The van der Waals surface area contributed by atoms with Gasteiger partial charge in [0.1, 0.15) is 12.4 Å². The van der Waals surface area contributed by atoms with Crippen molar-refractivity contribution in [3.63, 3.8) is 0 Å². The van der Waals surface area contributed by atoms with Gasteiger partial charge in [0.05, 0.1) is 0 Å². The van der Waals surface area contributed by atoms with Crippen molar-refractivity contribution in [2.45, 2.75) is 10.7 Å². The summed E-state index contributed by atoms with van der Waals surface area (Å²) < 4.78 is 29.8. The maximum Gasteiger partial charge on any atom is 0.449 e. The largest absolute Gasteiger partial charge is 0.449 e. The van der Waals surface area contributed by atoms with Gasteiger partial charge in [-0.15, -0.1) is 0 Å². The summed E-state index contributed by atoms with van der Waals surface area (Å²) >= 11 is 16.0. The third-order valence-electron chi connectivity index (χ3n) is 1.83. The molecule has 0 heterocycles.